The van der Waals surface area contributed by atoms with Crippen molar-refractivity contribution in [2.75, 3.05) is 7.11 Å². The number of aromatic nitrogens is 2. The second kappa shape index (κ2) is 6.31. The van der Waals surface area contributed by atoms with Crippen LogP contribution in [0.1, 0.15) is 11.4 Å². The molecule has 9 heteroatoms. The molecule has 0 fully saturated rings. The van der Waals surface area contributed by atoms with Crippen molar-refractivity contribution in [1.82, 2.24) is 14.9 Å². The molecule has 0 amide bonds. The summed E-state index contributed by atoms with van der Waals surface area (Å²) in [7, 11) is 1.37. The maximum Gasteiger partial charge on any atom is 0.212 e. The molecule has 3 aromatic rings. The van der Waals surface area contributed by atoms with Crippen LogP contribution in [0.3, 0.4) is 0 Å². The number of aliphatic imine (C=N–C) groups is 1. The van der Waals surface area contributed by atoms with E-state index in [9.17, 15) is 8.78 Å². The zero-order chi connectivity index (χ0) is 20.1. The van der Waals surface area contributed by atoms with Crippen molar-refractivity contribution in [3.05, 3.63) is 65.5 Å². The molecule has 1 atom stereocenters. The van der Waals surface area contributed by atoms with Crippen molar-refractivity contribution in [2.45, 2.75) is 12.7 Å². The topological polar surface area (TPSA) is 103 Å². The molecule has 1 unspecified atom stereocenters. The molecule has 1 aromatic heterocycles. The number of benzene rings is 2. The Kier molecular flexibility index (Phi) is 4.04. The van der Waals surface area contributed by atoms with Gasteiger partial charge in [0.2, 0.25) is 5.79 Å². The number of aryl methyl sites for hydroxylation is 1. The third-order valence-electron chi connectivity index (χ3n) is 4.53. The van der Waals surface area contributed by atoms with E-state index in [4.69, 9.17) is 16.2 Å². The lowest BCUT2D eigenvalue weighted by Gasteiger charge is -2.33. The van der Waals surface area contributed by atoms with Crippen LogP contribution in [-0.2, 0) is 5.79 Å². The number of methoxy groups -OCH3 is 1. The Morgan fingerprint density at radius 2 is 1.96 bits per heavy atom. The summed E-state index contributed by atoms with van der Waals surface area (Å²) in [6.07, 6.45) is 1.56. The minimum absolute atomic E-state index is 0.0859. The Morgan fingerprint density at radius 3 is 2.68 bits per heavy atom. The molecule has 0 saturated heterocycles. The van der Waals surface area contributed by atoms with Crippen LogP contribution in [0.5, 0.6) is 5.75 Å². The molecule has 5 N–H and O–H groups in total. The number of halogens is 2. The van der Waals surface area contributed by atoms with Crippen molar-refractivity contribution >= 4 is 22.7 Å². The molecule has 1 aliphatic rings. The normalized spacial score (nSPS) is 19.2. The number of hydrogen-bond donors (Lipinski definition) is 3. The van der Waals surface area contributed by atoms with Gasteiger partial charge < -0.3 is 15.8 Å². The number of ether oxygens (including phenoxy) is 1. The molecule has 7 nitrogen and oxygen atoms in total. The minimum atomic E-state index is -1.53. The average molecular weight is 384 g/mol. The highest BCUT2D eigenvalue weighted by atomic mass is 19.1. The third kappa shape index (κ3) is 2.85. The number of nitrogens with one attached hydrogen (secondary N) is 1. The molecule has 2 heterocycles. The summed E-state index contributed by atoms with van der Waals surface area (Å²) in [4.78, 5) is 8.67. The van der Waals surface area contributed by atoms with Gasteiger partial charge in [-0.2, -0.15) is 0 Å². The van der Waals surface area contributed by atoms with Gasteiger partial charge in [-0.25, -0.2) is 18.8 Å². The summed E-state index contributed by atoms with van der Waals surface area (Å²) in [6, 6.07) is 8.56. The fraction of sp³-hybridized carbons (Fsp3) is 0.158. The molecular formula is C19H18F2N6O. The molecule has 0 saturated carbocycles. The Morgan fingerprint density at radius 1 is 1.18 bits per heavy atom. The number of nitrogens with zero attached hydrogens (tertiary/aromatic N) is 3. The predicted octanol–water partition coefficient (Wildman–Crippen LogP) is 2.16. The first-order valence-electron chi connectivity index (χ1n) is 8.44. The zero-order valence-electron chi connectivity index (χ0n) is 15.2. The summed E-state index contributed by atoms with van der Waals surface area (Å²) >= 11 is 0. The van der Waals surface area contributed by atoms with Gasteiger partial charge in [-0.3, -0.25) is 10.3 Å². The van der Waals surface area contributed by atoms with Crippen molar-refractivity contribution in [3.8, 4) is 5.75 Å². The van der Waals surface area contributed by atoms with E-state index in [1.54, 1.807) is 29.7 Å². The van der Waals surface area contributed by atoms with Gasteiger partial charge in [0.1, 0.15) is 23.3 Å². The van der Waals surface area contributed by atoms with Gasteiger partial charge in [0, 0.05) is 17.7 Å². The molecule has 28 heavy (non-hydrogen) atoms. The SMILES string of the molecule is COc1ccc(C2(N)N=C(N)C=C(n3c(C)nc4ccc(F)cc43)N2)cc1F. The fourth-order valence-electron chi connectivity index (χ4n) is 3.27. The number of amidine groups is 1. The van der Waals surface area contributed by atoms with E-state index in [0.29, 0.717) is 28.2 Å². The second-order valence-electron chi connectivity index (χ2n) is 6.43. The molecule has 0 aliphatic carbocycles. The Balaban J connectivity index is 1.82. The van der Waals surface area contributed by atoms with Crippen LogP contribution in [0.25, 0.3) is 16.9 Å². The summed E-state index contributed by atoms with van der Waals surface area (Å²) in [5.74, 6) is -1.26. The average Bonchev–Trinajstić information content (AvgIpc) is 2.96. The Hall–Kier alpha value is -3.46. The maximum atomic E-state index is 14.2. The summed E-state index contributed by atoms with van der Waals surface area (Å²) in [5.41, 5.74) is 13.9. The molecule has 1 aliphatic heterocycles. The third-order valence-corrected chi connectivity index (χ3v) is 4.53. The van der Waals surface area contributed by atoms with Crippen LogP contribution in [0.4, 0.5) is 8.78 Å². The smallest absolute Gasteiger partial charge is 0.212 e. The zero-order valence-corrected chi connectivity index (χ0v) is 15.2. The van der Waals surface area contributed by atoms with Gasteiger partial charge in [-0.1, -0.05) is 0 Å². The molecule has 2 aromatic carbocycles. The standard InChI is InChI=1S/C19H18F2N6O/c1-10-24-14-5-4-12(20)8-15(14)27(10)18-9-17(22)25-19(23,26-18)11-3-6-16(28-2)13(21)7-11/h3-9,26H,23H2,1-2H3,(H2,22,25). The van der Waals surface area contributed by atoms with E-state index in [1.165, 1.54) is 31.4 Å². The van der Waals surface area contributed by atoms with Gasteiger partial charge in [0.05, 0.1) is 18.1 Å². The lowest BCUT2D eigenvalue weighted by atomic mass is 10.1. The Bertz CT molecular complexity index is 1150. The van der Waals surface area contributed by atoms with Crippen LogP contribution in [0.15, 0.2) is 47.5 Å². The number of hydrogen-bond acceptors (Lipinski definition) is 6. The maximum absolute atomic E-state index is 14.2. The highest BCUT2D eigenvalue weighted by molar-refractivity contribution is 5.98. The van der Waals surface area contributed by atoms with Crippen LogP contribution in [0.2, 0.25) is 0 Å². The van der Waals surface area contributed by atoms with E-state index in [0.717, 1.165) is 0 Å². The molecule has 0 radical (unpaired) electrons. The van der Waals surface area contributed by atoms with Crippen molar-refractivity contribution in [2.24, 2.45) is 16.5 Å². The van der Waals surface area contributed by atoms with E-state index in [2.05, 4.69) is 15.3 Å². The highest BCUT2D eigenvalue weighted by Gasteiger charge is 2.32. The van der Waals surface area contributed by atoms with Crippen molar-refractivity contribution in [3.63, 3.8) is 0 Å². The predicted molar refractivity (Wildman–Crippen MR) is 102 cm³/mol. The highest BCUT2D eigenvalue weighted by Crippen LogP contribution is 2.29. The van der Waals surface area contributed by atoms with Gasteiger partial charge >= 0.3 is 0 Å². The first kappa shape index (κ1) is 17.9. The summed E-state index contributed by atoms with van der Waals surface area (Å²) in [6.45, 7) is 1.77. The lowest BCUT2D eigenvalue weighted by Crippen LogP contribution is -2.52. The van der Waals surface area contributed by atoms with Crippen LogP contribution >= 0.6 is 0 Å². The van der Waals surface area contributed by atoms with E-state index < -0.39 is 17.4 Å². The quantitative estimate of drug-likeness (QED) is 0.642. The number of nitrogens with two attached hydrogens (primary N) is 2. The fourth-order valence-corrected chi connectivity index (χ4v) is 3.27. The molecule has 4 rings (SSSR count). The monoisotopic (exact) mass is 384 g/mol. The van der Waals surface area contributed by atoms with E-state index in [-0.39, 0.29) is 11.6 Å². The first-order valence-corrected chi connectivity index (χ1v) is 8.44. The van der Waals surface area contributed by atoms with Crippen LogP contribution < -0.4 is 21.5 Å². The number of rotatable bonds is 3. The molecule has 0 bridgehead atoms. The van der Waals surface area contributed by atoms with Crippen LogP contribution in [-0.4, -0.2) is 22.5 Å². The molecule has 144 valence electrons. The minimum Gasteiger partial charge on any atom is -0.494 e. The van der Waals surface area contributed by atoms with Crippen molar-refractivity contribution < 1.29 is 13.5 Å². The van der Waals surface area contributed by atoms with E-state index >= 15 is 0 Å². The van der Waals surface area contributed by atoms with Crippen LogP contribution in [0, 0.1) is 18.6 Å². The summed E-state index contributed by atoms with van der Waals surface area (Å²) < 4.78 is 34.6. The van der Waals surface area contributed by atoms with Gasteiger partial charge in [0.25, 0.3) is 0 Å². The summed E-state index contributed by atoms with van der Waals surface area (Å²) in [5, 5.41) is 3.06. The van der Waals surface area contributed by atoms with Crippen molar-refractivity contribution in [1.29, 1.82) is 0 Å². The number of fused-ring (bicyclic) bond motifs is 1. The van der Waals surface area contributed by atoms with Gasteiger partial charge in [-0.15, -0.1) is 0 Å². The van der Waals surface area contributed by atoms with Gasteiger partial charge in [-0.05, 0) is 37.3 Å². The number of imidazole rings is 1. The van der Waals surface area contributed by atoms with E-state index in [1.807, 2.05) is 0 Å². The molecule has 0 spiro atoms. The second-order valence-corrected chi connectivity index (χ2v) is 6.43. The first-order chi connectivity index (χ1) is 13.3. The lowest BCUT2D eigenvalue weighted by molar-refractivity contribution is 0.378. The Labute approximate surface area is 159 Å². The van der Waals surface area contributed by atoms with Gasteiger partial charge in [0.15, 0.2) is 11.6 Å². The molecular weight excluding hydrogens is 366 g/mol. The largest absolute Gasteiger partial charge is 0.494 e.